The van der Waals surface area contributed by atoms with Gasteiger partial charge in [-0.15, -0.1) is 0 Å². The van der Waals surface area contributed by atoms with E-state index >= 15 is 0 Å². The molecule has 4 nitrogen and oxygen atoms in total. The number of benzene rings is 1. The van der Waals surface area contributed by atoms with Crippen LogP contribution in [0.2, 0.25) is 0 Å². The fourth-order valence-corrected chi connectivity index (χ4v) is 2.44. The lowest BCUT2D eigenvalue weighted by atomic mass is 9.93. The topological polar surface area (TPSA) is 43.5 Å². The highest BCUT2D eigenvalue weighted by molar-refractivity contribution is 5.58. The van der Waals surface area contributed by atoms with Crippen LogP contribution >= 0.6 is 0 Å². The molecular weight excluding hydrogens is 256 g/mol. The maximum absolute atomic E-state index is 6.04. The van der Waals surface area contributed by atoms with E-state index in [0.717, 1.165) is 19.6 Å². The van der Waals surface area contributed by atoms with Crippen molar-refractivity contribution in [3.8, 4) is 0 Å². The Balaban J connectivity index is 1.51. The molecule has 4 rings (SSSR count). The maximum atomic E-state index is 6.04. The van der Waals surface area contributed by atoms with Gasteiger partial charge in [-0.2, -0.15) is 0 Å². The van der Waals surface area contributed by atoms with Crippen LogP contribution in [-0.2, 0) is 25.4 Å². The van der Waals surface area contributed by atoms with E-state index in [4.69, 9.17) is 18.9 Å². The average molecular weight is 274 g/mol. The SMILES string of the molecule is C1=CC(OCC2CO2)(OCC2CO2)Cc2ccccc21. The molecule has 0 amide bonds. The molecule has 2 fully saturated rings. The lowest BCUT2D eigenvalue weighted by Crippen LogP contribution is -2.40. The van der Waals surface area contributed by atoms with Gasteiger partial charge in [0.05, 0.1) is 26.4 Å². The highest BCUT2D eigenvalue weighted by Crippen LogP contribution is 2.31. The standard InChI is InChI=1S/C16H18O4/c1-2-4-13-7-16(6-5-12(13)3-1,19-10-14-8-17-14)20-11-15-9-18-15/h1-6,14-15H,7-11H2. The highest BCUT2D eigenvalue weighted by Gasteiger charge is 2.37. The van der Waals surface area contributed by atoms with E-state index in [2.05, 4.69) is 24.3 Å². The second kappa shape index (κ2) is 4.97. The van der Waals surface area contributed by atoms with Gasteiger partial charge in [0.15, 0.2) is 5.79 Å². The molecule has 3 aliphatic rings. The minimum atomic E-state index is -0.674. The van der Waals surface area contributed by atoms with Crippen molar-refractivity contribution < 1.29 is 18.9 Å². The number of fused-ring (bicyclic) bond motifs is 1. The van der Waals surface area contributed by atoms with Gasteiger partial charge in [-0.05, 0) is 17.2 Å². The van der Waals surface area contributed by atoms with Crippen molar-refractivity contribution in [2.45, 2.75) is 24.4 Å². The number of hydrogen-bond donors (Lipinski definition) is 0. The minimum Gasteiger partial charge on any atom is -0.371 e. The van der Waals surface area contributed by atoms with Crippen LogP contribution in [0, 0.1) is 0 Å². The molecule has 0 N–H and O–H groups in total. The van der Waals surface area contributed by atoms with E-state index in [1.54, 1.807) is 0 Å². The molecule has 1 aromatic rings. The minimum absolute atomic E-state index is 0.234. The lowest BCUT2D eigenvalue weighted by Gasteiger charge is -2.34. The summed E-state index contributed by atoms with van der Waals surface area (Å²) in [5.74, 6) is -0.674. The summed E-state index contributed by atoms with van der Waals surface area (Å²) < 4.78 is 22.5. The Morgan fingerprint density at radius 1 is 1.05 bits per heavy atom. The molecule has 1 aromatic carbocycles. The zero-order valence-corrected chi connectivity index (χ0v) is 11.3. The largest absolute Gasteiger partial charge is 0.371 e. The zero-order valence-electron chi connectivity index (χ0n) is 11.3. The number of hydrogen-bond acceptors (Lipinski definition) is 4. The predicted octanol–water partition coefficient (Wildman–Crippen LogP) is 1.78. The molecule has 2 heterocycles. The van der Waals surface area contributed by atoms with Gasteiger partial charge in [0.25, 0.3) is 0 Å². The molecule has 0 spiro atoms. The molecule has 20 heavy (non-hydrogen) atoms. The summed E-state index contributed by atoms with van der Waals surface area (Å²) in [5, 5.41) is 0. The zero-order chi connectivity index (χ0) is 13.4. The third-order valence-corrected chi connectivity index (χ3v) is 3.84. The summed E-state index contributed by atoms with van der Waals surface area (Å²) in [7, 11) is 0. The number of rotatable bonds is 6. The van der Waals surface area contributed by atoms with Crippen LogP contribution in [0.3, 0.4) is 0 Å². The molecule has 4 heteroatoms. The Morgan fingerprint density at radius 2 is 1.70 bits per heavy atom. The van der Waals surface area contributed by atoms with Crippen molar-refractivity contribution in [3.05, 3.63) is 41.5 Å². The molecule has 2 aliphatic heterocycles. The third-order valence-electron chi connectivity index (χ3n) is 3.84. The Hall–Kier alpha value is -1.20. The summed E-state index contributed by atoms with van der Waals surface area (Å²) >= 11 is 0. The van der Waals surface area contributed by atoms with Gasteiger partial charge in [0.1, 0.15) is 12.2 Å². The van der Waals surface area contributed by atoms with E-state index < -0.39 is 5.79 Å². The van der Waals surface area contributed by atoms with Gasteiger partial charge in [0.2, 0.25) is 0 Å². The van der Waals surface area contributed by atoms with E-state index in [9.17, 15) is 0 Å². The Labute approximate surface area is 118 Å². The first-order valence-electron chi connectivity index (χ1n) is 7.11. The molecular formula is C16H18O4. The van der Waals surface area contributed by atoms with Crippen LogP contribution < -0.4 is 0 Å². The van der Waals surface area contributed by atoms with Gasteiger partial charge < -0.3 is 18.9 Å². The summed E-state index contributed by atoms with van der Waals surface area (Å²) in [5.41, 5.74) is 2.49. The van der Waals surface area contributed by atoms with Crippen LogP contribution in [0.1, 0.15) is 11.1 Å². The van der Waals surface area contributed by atoms with Crippen LogP contribution in [0.15, 0.2) is 30.3 Å². The summed E-state index contributed by atoms with van der Waals surface area (Å²) in [4.78, 5) is 0. The first-order chi connectivity index (χ1) is 9.83. The first kappa shape index (κ1) is 12.5. The molecule has 0 radical (unpaired) electrons. The monoisotopic (exact) mass is 274 g/mol. The van der Waals surface area contributed by atoms with Gasteiger partial charge in [-0.25, -0.2) is 0 Å². The van der Waals surface area contributed by atoms with Crippen molar-refractivity contribution in [1.82, 2.24) is 0 Å². The van der Waals surface area contributed by atoms with Gasteiger partial charge in [-0.1, -0.05) is 30.3 Å². The normalized spacial score (nSPS) is 33.8. The van der Waals surface area contributed by atoms with Gasteiger partial charge in [-0.3, -0.25) is 0 Å². The lowest BCUT2D eigenvalue weighted by molar-refractivity contribution is -0.207. The quantitative estimate of drug-likeness (QED) is 0.586. The fraction of sp³-hybridized carbons (Fsp3) is 0.500. The number of ether oxygens (including phenoxy) is 4. The molecule has 1 aliphatic carbocycles. The van der Waals surface area contributed by atoms with Crippen LogP contribution in [0.4, 0.5) is 0 Å². The first-order valence-corrected chi connectivity index (χ1v) is 7.11. The van der Waals surface area contributed by atoms with Crippen molar-refractivity contribution in [2.75, 3.05) is 26.4 Å². The van der Waals surface area contributed by atoms with Crippen molar-refractivity contribution in [2.24, 2.45) is 0 Å². The third kappa shape index (κ3) is 2.79. The van der Waals surface area contributed by atoms with Crippen LogP contribution in [-0.4, -0.2) is 44.4 Å². The average Bonchev–Trinajstić information content (AvgIpc) is 3.38. The predicted molar refractivity (Wildman–Crippen MR) is 73.3 cm³/mol. The van der Waals surface area contributed by atoms with Gasteiger partial charge >= 0.3 is 0 Å². The Bertz CT molecular complexity index is 501. The van der Waals surface area contributed by atoms with E-state index in [0.29, 0.717) is 13.2 Å². The summed E-state index contributed by atoms with van der Waals surface area (Å²) in [6, 6.07) is 8.34. The van der Waals surface area contributed by atoms with E-state index in [1.165, 1.54) is 11.1 Å². The highest BCUT2D eigenvalue weighted by atomic mass is 16.7. The Morgan fingerprint density at radius 3 is 2.35 bits per heavy atom. The molecule has 106 valence electrons. The second-order valence-electron chi connectivity index (χ2n) is 5.55. The van der Waals surface area contributed by atoms with E-state index in [-0.39, 0.29) is 12.2 Å². The second-order valence-corrected chi connectivity index (χ2v) is 5.55. The smallest absolute Gasteiger partial charge is 0.192 e. The molecule has 2 saturated heterocycles. The van der Waals surface area contributed by atoms with Crippen molar-refractivity contribution in [1.29, 1.82) is 0 Å². The fourth-order valence-electron chi connectivity index (χ4n) is 2.44. The maximum Gasteiger partial charge on any atom is 0.192 e. The van der Waals surface area contributed by atoms with Crippen LogP contribution in [0.5, 0.6) is 0 Å². The van der Waals surface area contributed by atoms with Crippen molar-refractivity contribution >= 4 is 6.08 Å². The number of epoxide rings is 2. The van der Waals surface area contributed by atoms with E-state index in [1.807, 2.05) is 12.1 Å². The molecule has 2 unspecified atom stereocenters. The summed E-state index contributed by atoms with van der Waals surface area (Å²) in [6.07, 6.45) is 5.32. The Kier molecular flexibility index (Phi) is 3.11. The molecule has 0 saturated carbocycles. The molecule has 0 bridgehead atoms. The van der Waals surface area contributed by atoms with Crippen LogP contribution in [0.25, 0.3) is 6.08 Å². The van der Waals surface area contributed by atoms with Crippen molar-refractivity contribution in [3.63, 3.8) is 0 Å². The molecule has 0 aromatic heterocycles. The summed E-state index contributed by atoms with van der Waals surface area (Å²) in [6.45, 7) is 2.75. The molecule has 2 atom stereocenters. The van der Waals surface area contributed by atoms with Gasteiger partial charge in [0, 0.05) is 6.42 Å².